The van der Waals surface area contributed by atoms with Crippen LogP contribution < -0.4 is 9.46 Å². The molecule has 0 atom stereocenters. The molecule has 4 rings (SSSR count). The Kier molecular flexibility index (Phi) is 4.73. The van der Waals surface area contributed by atoms with E-state index in [1.54, 1.807) is 24.3 Å². The number of nitrogens with zero attached hydrogens (tertiary/aromatic N) is 1. The number of fused-ring (bicyclic) bond motifs is 1. The van der Waals surface area contributed by atoms with Gasteiger partial charge in [0.1, 0.15) is 11.5 Å². The van der Waals surface area contributed by atoms with Gasteiger partial charge in [0, 0.05) is 11.1 Å². The van der Waals surface area contributed by atoms with Crippen molar-refractivity contribution >= 4 is 48.3 Å². The van der Waals surface area contributed by atoms with Crippen molar-refractivity contribution in [2.45, 2.75) is 4.90 Å². The van der Waals surface area contributed by atoms with E-state index in [0.717, 1.165) is 10.4 Å². The van der Waals surface area contributed by atoms with Gasteiger partial charge < -0.3 is 4.74 Å². The Morgan fingerprint density at radius 3 is 2.52 bits per heavy atom. The molecule has 0 saturated heterocycles. The van der Waals surface area contributed by atoms with Crippen LogP contribution in [0.1, 0.15) is 0 Å². The van der Waals surface area contributed by atoms with Crippen molar-refractivity contribution < 1.29 is 13.2 Å². The van der Waals surface area contributed by atoms with Crippen molar-refractivity contribution in [3.8, 4) is 11.5 Å². The lowest BCUT2D eigenvalue weighted by molar-refractivity contribution is 0.483. The van der Waals surface area contributed by atoms with Crippen molar-refractivity contribution in [1.29, 1.82) is 0 Å². The summed E-state index contributed by atoms with van der Waals surface area (Å²) in [6, 6.07) is 20.9. The monoisotopic (exact) mass is 416 g/mol. The van der Waals surface area contributed by atoms with Gasteiger partial charge in [0.2, 0.25) is 0 Å². The number of para-hydroxylation sites is 1. The number of anilines is 1. The minimum absolute atomic E-state index is 0.0855. The molecule has 1 N–H and O–H groups in total. The van der Waals surface area contributed by atoms with Gasteiger partial charge in [-0.3, -0.25) is 4.72 Å². The van der Waals surface area contributed by atoms with Crippen LogP contribution in [0, 0.1) is 0 Å². The number of nitrogens with one attached hydrogen (secondary N) is 1. The Balaban J connectivity index is 1.60. The third-order valence-corrected chi connectivity index (χ3v) is 6.30. The molecule has 5 nitrogen and oxygen atoms in total. The lowest BCUT2D eigenvalue weighted by Crippen LogP contribution is -2.12. The maximum absolute atomic E-state index is 12.5. The molecule has 1 aromatic heterocycles. The predicted molar refractivity (Wildman–Crippen MR) is 108 cm³/mol. The summed E-state index contributed by atoms with van der Waals surface area (Å²) in [6.45, 7) is 0. The molecule has 0 saturated carbocycles. The first-order chi connectivity index (χ1) is 13.0. The lowest BCUT2D eigenvalue weighted by Gasteiger charge is -2.04. The van der Waals surface area contributed by atoms with Crippen molar-refractivity contribution in [2.75, 3.05) is 4.72 Å². The molecule has 0 amide bonds. The highest BCUT2D eigenvalue weighted by molar-refractivity contribution is 7.93. The van der Waals surface area contributed by atoms with Crippen LogP contribution in [-0.2, 0) is 10.0 Å². The topological polar surface area (TPSA) is 68.3 Å². The smallest absolute Gasteiger partial charge is 0.263 e. The Bertz CT molecular complexity index is 1210. The number of thiazole rings is 1. The molecule has 0 aliphatic rings. The highest BCUT2D eigenvalue weighted by Crippen LogP contribution is 2.32. The second kappa shape index (κ2) is 7.19. The third-order valence-electron chi connectivity index (χ3n) is 3.67. The molecule has 0 bridgehead atoms. The van der Waals surface area contributed by atoms with Crippen LogP contribution in [0.2, 0.25) is 5.02 Å². The van der Waals surface area contributed by atoms with E-state index in [-0.39, 0.29) is 10.0 Å². The van der Waals surface area contributed by atoms with Crippen LogP contribution in [0.25, 0.3) is 10.2 Å². The fraction of sp³-hybridized carbons (Fsp3) is 0. The standard InChI is InChI=1S/C19H13ClN2O3S2/c20-13-5-4-8-16(11-13)27(23,24)22-19-21-17-10-9-15(12-18(17)26-19)25-14-6-2-1-3-7-14/h1-12H,(H,21,22). The number of aromatic nitrogens is 1. The molecule has 8 heteroatoms. The van der Waals surface area contributed by atoms with E-state index >= 15 is 0 Å². The molecule has 3 aromatic carbocycles. The highest BCUT2D eigenvalue weighted by Gasteiger charge is 2.17. The van der Waals surface area contributed by atoms with Crippen LogP contribution >= 0.6 is 22.9 Å². The summed E-state index contributed by atoms with van der Waals surface area (Å²) in [5, 5.41) is 0.631. The summed E-state index contributed by atoms with van der Waals surface area (Å²) in [5.74, 6) is 1.38. The second-order valence-corrected chi connectivity index (χ2v) is 8.78. The van der Waals surface area contributed by atoms with E-state index in [9.17, 15) is 8.42 Å². The number of hydrogen-bond acceptors (Lipinski definition) is 5. The normalized spacial score (nSPS) is 11.4. The third kappa shape index (κ3) is 4.05. The Labute approximate surface area is 165 Å². The van der Waals surface area contributed by atoms with Gasteiger partial charge >= 0.3 is 0 Å². The summed E-state index contributed by atoms with van der Waals surface area (Å²) in [4.78, 5) is 4.42. The van der Waals surface area contributed by atoms with E-state index in [1.807, 2.05) is 36.4 Å². The van der Waals surface area contributed by atoms with Gasteiger partial charge in [0.05, 0.1) is 15.1 Å². The fourth-order valence-electron chi connectivity index (χ4n) is 2.44. The zero-order chi connectivity index (χ0) is 18.9. The number of rotatable bonds is 5. The van der Waals surface area contributed by atoms with Crippen molar-refractivity contribution in [3.05, 3.63) is 77.8 Å². The predicted octanol–water partition coefficient (Wildman–Crippen LogP) is 5.54. The van der Waals surface area contributed by atoms with E-state index in [0.29, 0.717) is 16.3 Å². The molecule has 0 unspecified atom stereocenters. The molecule has 0 spiro atoms. The minimum atomic E-state index is -3.76. The SMILES string of the molecule is O=S(=O)(Nc1nc2ccc(Oc3ccccc3)cc2s1)c1cccc(Cl)c1. The largest absolute Gasteiger partial charge is 0.457 e. The van der Waals surface area contributed by atoms with Crippen LogP contribution in [0.15, 0.2) is 77.7 Å². The average molecular weight is 417 g/mol. The maximum Gasteiger partial charge on any atom is 0.263 e. The summed E-state index contributed by atoms with van der Waals surface area (Å²) in [6.07, 6.45) is 0. The molecule has 136 valence electrons. The van der Waals surface area contributed by atoms with Gasteiger partial charge in [0.25, 0.3) is 10.0 Å². The van der Waals surface area contributed by atoms with E-state index in [2.05, 4.69) is 9.71 Å². The molecule has 0 aliphatic heterocycles. The summed E-state index contributed by atoms with van der Waals surface area (Å²) >= 11 is 7.12. The number of sulfonamides is 1. The molecule has 4 aromatic rings. The first kappa shape index (κ1) is 17.8. The van der Waals surface area contributed by atoms with E-state index in [1.165, 1.54) is 23.5 Å². The van der Waals surface area contributed by atoms with Crippen molar-refractivity contribution in [2.24, 2.45) is 0 Å². The zero-order valence-corrected chi connectivity index (χ0v) is 16.2. The van der Waals surface area contributed by atoms with Crippen molar-refractivity contribution in [1.82, 2.24) is 4.98 Å². The molecular formula is C19H13ClN2O3S2. The summed E-state index contributed by atoms with van der Waals surface area (Å²) in [5.41, 5.74) is 0.684. The average Bonchev–Trinajstić information content (AvgIpc) is 3.03. The molecular weight excluding hydrogens is 404 g/mol. The highest BCUT2D eigenvalue weighted by atomic mass is 35.5. The second-order valence-electron chi connectivity index (χ2n) is 5.63. The van der Waals surface area contributed by atoms with Gasteiger partial charge in [-0.2, -0.15) is 0 Å². The van der Waals surface area contributed by atoms with Crippen molar-refractivity contribution in [3.63, 3.8) is 0 Å². The van der Waals surface area contributed by atoms with E-state index in [4.69, 9.17) is 16.3 Å². The van der Waals surface area contributed by atoms with Crippen LogP contribution in [0.4, 0.5) is 5.13 Å². The first-order valence-corrected chi connectivity index (χ1v) is 10.6. The summed E-state index contributed by atoms with van der Waals surface area (Å²) < 4.78 is 34.1. The molecule has 0 fully saturated rings. The van der Waals surface area contributed by atoms with Gasteiger partial charge in [-0.05, 0) is 42.5 Å². The van der Waals surface area contributed by atoms with Gasteiger partial charge in [-0.15, -0.1) is 0 Å². The van der Waals surface area contributed by atoms with Gasteiger partial charge in [-0.1, -0.05) is 47.2 Å². The number of halogens is 1. The summed E-state index contributed by atoms with van der Waals surface area (Å²) in [7, 11) is -3.76. The van der Waals surface area contributed by atoms with Crippen LogP contribution in [0.5, 0.6) is 11.5 Å². The zero-order valence-electron chi connectivity index (χ0n) is 13.8. The van der Waals surface area contributed by atoms with Crippen LogP contribution in [0.3, 0.4) is 0 Å². The number of hydrogen-bond donors (Lipinski definition) is 1. The van der Waals surface area contributed by atoms with E-state index < -0.39 is 10.0 Å². The quantitative estimate of drug-likeness (QED) is 0.463. The van der Waals surface area contributed by atoms with Crippen LogP contribution in [-0.4, -0.2) is 13.4 Å². The number of benzene rings is 3. The maximum atomic E-state index is 12.5. The molecule has 0 aliphatic carbocycles. The minimum Gasteiger partial charge on any atom is -0.457 e. The Morgan fingerprint density at radius 2 is 1.74 bits per heavy atom. The van der Waals surface area contributed by atoms with Gasteiger partial charge in [-0.25, -0.2) is 13.4 Å². The molecule has 1 heterocycles. The van der Waals surface area contributed by atoms with Gasteiger partial charge in [0.15, 0.2) is 5.13 Å². The molecule has 0 radical (unpaired) electrons. The number of ether oxygens (including phenoxy) is 1. The Morgan fingerprint density at radius 1 is 0.926 bits per heavy atom. The molecule has 27 heavy (non-hydrogen) atoms. The first-order valence-electron chi connectivity index (χ1n) is 7.91. The fourth-order valence-corrected chi connectivity index (χ4v) is 4.87. The Hall–Kier alpha value is -2.61. The lowest BCUT2D eigenvalue weighted by atomic mass is 10.3.